The highest BCUT2D eigenvalue weighted by atomic mass is 16.5. The van der Waals surface area contributed by atoms with Crippen LogP contribution in [0.3, 0.4) is 0 Å². The molecule has 0 saturated carbocycles. The number of carbonyl (C=O) groups is 3. The van der Waals surface area contributed by atoms with Gasteiger partial charge in [0.05, 0.1) is 11.4 Å². The average Bonchev–Trinajstić information content (AvgIpc) is 3.34. The first-order chi connectivity index (χ1) is 15.8. The third-order valence-electron chi connectivity index (χ3n) is 5.58. The Balaban J connectivity index is 1.65. The number of anilines is 2. The van der Waals surface area contributed by atoms with E-state index < -0.39 is 18.5 Å². The summed E-state index contributed by atoms with van der Waals surface area (Å²) in [6.45, 7) is 6.89. The van der Waals surface area contributed by atoms with Gasteiger partial charge in [-0.3, -0.25) is 9.59 Å². The average molecular weight is 449 g/mol. The van der Waals surface area contributed by atoms with E-state index in [1.807, 2.05) is 26.0 Å². The summed E-state index contributed by atoms with van der Waals surface area (Å²) in [6.07, 6.45) is 3.70. The molecule has 1 saturated heterocycles. The molecule has 1 fully saturated rings. The molecule has 0 spiro atoms. The van der Waals surface area contributed by atoms with Crippen LogP contribution in [0.2, 0.25) is 0 Å². The van der Waals surface area contributed by atoms with Gasteiger partial charge in [-0.25, -0.2) is 4.79 Å². The summed E-state index contributed by atoms with van der Waals surface area (Å²) in [7, 11) is 0. The van der Waals surface area contributed by atoms with Gasteiger partial charge in [0.25, 0.3) is 5.91 Å². The van der Waals surface area contributed by atoms with E-state index in [9.17, 15) is 19.6 Å². The molecule has 0 unspecified atom stereocenters. The molecule has 0 bridgehead atoms. The van der Waals surface area contributed by atoms with Crippen LogP contribution in [0.4, 0.5) is 11.4 Å². The molecule has 1 aromatic carbocycles. The SMILES string of the molecule is CCCn1c(C)cc(/C=C(\C#N)C(=O)OCC(=O)Nc2ccccc2N2CCCC2=O)c1C. The van der Waals surface area contributed by atoms with Crippen LogP contribution in [0.1, 0.15) is 43.1 Å². The highest BCUT2D eigenvalue weighted by Gasteiger charge is 2.24. The summed E-state index contributed by atoms with van der Waals surface area (Å²) in [6, 6.07) is 10.8. The number of aromatic nitrogens is 1. The van der Waals surface area contributed by atoms with Gasteiger partial charge in [0.1, 0.15) is 11.6 Å². The lowest BCUT2D eigenvalue weighted by molar-refractivity contribution is -0.142. The molecule has 33 heavy (non-hydrogen) atoms. The summed E-state index contributed by atoms with van der Waals surface area (Å²) in [4.78, 5) is 38.5. The number of nitrogens with zero attached hydrogens (tertiary/aromatic N) is 3. The minimum atomic E-state index is -0.865. The normalized spacial score (nSPS) is 13.7. The van der Waals surface area contributed by atoms with Crippen molar-refractivity contribution in [3.05, 3.63) is 52.9 Å². The number of hydrogen-bond acceptors (Lipinski definition) is 5. The van der Waals surface area contributed by atoms with Crippen LogP contribution in [-0.4, -0.2) is 35.5 Å². The van der Waals surface area contributed by atoms with Gasteiger partial charge in [-0.15, -0.1) is 0 Å². The zero-order valence-electron chi connectivity index (χ0n) is 19.2. The maximum atomic E-state index is 12.4. The number of nitriles is 1. The van der Waals surface area contributed by atoms with E-state index in [4.69, 9.17) is 4.74 Å². The van der Waals surface area contributed by atoms with Gasteiger partial charge in [-0.2, -0.15) is 5.26 Å². The van der Waals surface area contributed by atoms with Gasteiger partial charge in [0, 0.05) is 30.9 Å². The second-order valence-electron chi connectivity index (χ2n) is 7.94. The predicted octanol–water partition coefficient (Wildman–Crippen LogP) is 3.73. The Morgan fingerprint density at radius 3 is 2.70 bits per heavy atom. The largest absolute Gasteiger partial charge is 0.451 e. The standard InChI is InChI=1S/C25H28N4O4/c1-4-11-28-17(2)13-19(18(28)3)14-20(15-26)25(32)33-16-23(30)27-21-8-5-6-9-22(21)29-12-7-10-24(29)31/h5-6,8-9,13-14H,4,7,10-12,16H2,1-3H3,(H,27,30)/b20-14+. The van der Waals surface area contributed by atoms with Crippen molar-refractivity contribution in [1.29, 1.82) is 5.26 Å². The van der Waals surface area contributed by atoms with Crippen LogP contribution in [0.25, 0.3) is 6.08 Å². The van der Waals surface area contributed by atoms with Crippen LogP contribution >= 0.6 is 0 Å². The second-order valence-corrected chi connectivity index (χ2v) is 7.94. The molecule has 8 heteroatoms. The fourth-order valence-electron chi connectivity index (χ4n) is 3.95. The number of nitrogens with one attached hydrogen (secondary N) is 1. The molecular formula is C25H28N4O4. The quantitative estimate of drug-likeness (QED) is 0.376. The number of amides is 2. The van der Waals surface area contributed by atoms with Crippen molar-refractivity contribution in [2.45, 2.75) is 46.6 Å². The molecule has 1 aliphatic rings. The molecule has 1 aromatic heterocycles. The summed E-state index contributed by atoms with van der Waals surface area (Å²) >= 11 is 0. The predicted molar refractivity (Wildman–Crippen MR) is 125 cm³/mol. The maximum Gasteiger partial charge on any atom is 0.349 e. The second kappa shape index (κ2) is 10.6. The summed E-state index contributed by atoms with van der Waals surface area (Å²) in [5.74, 6) is -1.41. The number of esters is 1. The first-order valence-electron chi connectivity index (χ1n) is 11.0. The molecule has 2 amide bonds. The van der Waals surface area contributed by atoms with E-state index in [-0.39, 0.29) is 11.5 Å². The molecule has 3 rings (SSSR count). The molecule has 172 valence electrons. The monoisotopic (exact) mass is 448 g/mol. The molecule has 1 aliphatic heterocycles. The van der Waals surface area contributed by atoms with Crippen molar-refractivity contribution in [3.8, 4) is 6.07 Å². The zero-order valence-corrected chi connectivity index (χ0v) is 19.2. The van der Waals surface area contributed by atoms with E-state index in [0.717, 1.165) is 36.3 Å². The van der Waals surface area contributed by atoms with Crippen LogP contribution in [0.15, 0.2) is 35.9 Å². The lowest BCUT2D eigenvalue weighted by Gasteiger charge is -2.19. The molecular weight excluding hydrogens is 420 g/mol. The third kappa shape index (κ3) is 5.50. The van der Waals surface area contributed by atoms with Gasteiger partial charge in [-0.1, -0.05) is 19.1 Å². The summed E-state index contributed by atoms with van der Waals surface area (Å²) < 4.78 is 7.21. The molecule has 0 radical (unpaired) electrons. The highest BCUT2D eigenvalue weighted by molar-refractivity contribution is 6.03. The molecule has 2 heterocycles. The third-order valence-corrected chi connectivity index (χ3v) is 5.58. The van der Waals surface area contributed by atoms with E-state index in [1.54, 1.807) is 29.2 Å². The van der Waals surface area contributed by atoms with Crippen molar-refractivity contribution < 1.29 is 19.1 Å². The van der Waals surface area contributed by atoms with Gasteiger partial charge in [0.2, 0.25) is 5.91 Å². The highest BCUT2D eigenvalue weighted by Crippen LogP contribution is 2.29. The number of carbonyl (C=O) groups excluding carboxylic acids is 3. The topological polar surface area (TPSA) is 104 Å². The number of benzene rings is 1. The Hall–Kier alpha value is -3.86. The van der Waals surface area contributed by atoms with E-state index in [0.29, 0.717) is 24.3 Å². The number of ether oxygens (including phenoxy) is 1. The molecule has 1 N–H and O–H groups in total. The minimum absolute atomic E-state index is 0.00484. The van der Waals surface area contributed by atoms with Crippen LogP contribution in [0.5, 0.6) is 0 Å². The Kier molecular flexibility index (Phi) is 7.67. The molecule has 0 aliphatic carbocycles. The van der Waals surface area contributed by atoms with E-state index in [1.165, 1.54) is 6.08 Å². The summed E-state index contributed by atoms with van der Waals surface area (Å²) in [5.41, 5.74) is 3.67. The molecule has 0 atom stereocenters. The van der Waals surface area contributed by atoms with Gasteiger partial charge in [-0.05, 0) is 56.5 Å². The molecule has 8 nitrogen and oxygen atoms in total. The van der Waals surface area contributed by atoms with Crippen LogP contribution in [0, 0.1) is 25.2 Å². The number of rotatable bonds is 8. The van der Waals surface area contributed by atoms with Crippen molar-refractivity contribution in [1.82, 2.24) is 4.57 Å². The lowest BCUT2D eigenvalue weighted by Crippen LogP contribution is -2.27. The van der Waals surface area contributed by atoms with Crippen molar-refractivity contribution in [3.63, 3.8) is 0 Å². The molecule has 2 aromatic rings. The first-order valence-corrected chi connectivity index (χ1v) is 11.0. The van der Waals surface area contributed by atoms with Crippen molar-refractivity contribution >= 4 is 35.2 Å². The van der Waals surface area contributed by atoms with E-state index in [2.05, 4.69) is 16.8 Å². The van der Waals surface area contributed by atoms with Crippen LogP contribution in [-0.2, 0) is 25.7 Å². The first kappa shape index (κ1) is 23.8. The lowest BCUT2D eigenvalue weighted by atomic mass is 10.1. The number of para-hydroxylation sites is 2. The summed E-state index contributed by atoms with van der Waals surface area (Å²) in [5, 5.41) is 12.1. The minimum Gasteiger partial charge on any atom is -0.451 e. The van der Waals surface area contributed by atoms with E-state index >= 15 is 0 Å². The van der Waals surface area contributed by atoms with Gasteiger partial charge >= 0.3 is 5.97 Å². The fourth-order valence-corrected chi connectivity index (χ4v) is 3.95. The van der Waals surface area contributed by atoms with Crippen molar-refractivity contribution in [2.24, 2.45) is 0 Å². The smallest absolute Gasteiger partial charge is 0.349 e. The van der Waals surface area contributed by atoms with Crippen LogP contribution < -0.4 is 10.2 Å². The Bertz CT molecular complexity index is 1140. The Morgan fingerprint density at radius 1 is 1.27 bits per heavy atom. The van der Waals surface area contributed by atoms with Gasteiger partial charge in [0.15, 0.2) is 6.61 Å². The Labute approximate surface area is 193 Å². The Morgan fingerprint density at radius 2 is 2.03 bits per heavy atom. The number of hydrogen-bond donors (Lipinski definition) is 1. The fraction of sp³-hybridized carbons (Fsp3) is 0.360. The van der Waals surface area contributed by atoms with Gasteiger partial charge < -0.3 is 19.5 Å². The maximum absolute atomic E-state index is 12.4. The van der Waals surface area contributed by atoms with Crippen molar-refractivity contribution in [2.75, 3.05) is 23.4 Å². The number of aryl methyl sites for hydroxylation is 1. The zero-order chi connectivity index (χ0) is 24.0.